The lowest BCUT2D eigenvalue weighted by Gasteiger charge is -2.16. The Balaban J connectivity index is 1.79. The molecule has 0 aliphatic heterocycles. The van der Waals surface area contributed by atoms with Gasteiger partial charge in [-0.05, 0) is 24.3 Å². The van der Waals surface area contributed by atoms with E-state index in [0.717, 1.165) is 12.1 Å². The highest BCUT2D eigenvalue weighted by molar-refractivity contribution is 6.33. The third kappa shape index (κ3) is 5.64. The molecule has 0 atom stereocenters. The normalized spacial score (nSPS) is 11.5. The van der Waals surface area contributed by atoms with Gasteiger partial charge in [0, 0.05) is 37.5 Å². The molecule has 0 aliphatic carbocycles. The van der Waals surface area contributed by atoms with Crippen molar-refractivity contribution in [1.82, 2.24) is 4.98 Å². The molecule has 3 aromatic rings. The largest absolute Gasteiger partial charge is 0.416 e. The van der Waals surface area contributed by atoms with Gasteiger partial charge in [0.2, 0.25) is 0 Å². The van der Waals surface area contributed by atoms with Gasteiger partial charge in [0.1, 0.15) is 5.82 Å². The minimum Gasteiger partial charge on any atom is -0.363 e. The van der Waals surface area contributed by atoms with E-state index in [0.29, 0.717) is 21.8 Å². The zero-order valence-electron chi connectivity index (χ0n) is 16.7. The van der Waals surface area contributed by atoms with Gasteiger partial charge in [0.05, 0.1) is 22.0 Å². The van der Waals surface area contributed by atoms with Gasteiger partial charge in [-0.3, -0.25) is 4.79 Å². The first-order valence-electron chi connectivity index (χ1n) is 9.24. The molecule has 0 saturated carbocycles. The molecule has 0 fully saturated rings. The van der Waals surface area contributed by atoms with Gasteiger partial charge in [-0.15, -0.1) is 0 Å². The van der Waals surface area contributed by atoms with Crippen LogP contribution < -0.4 is 10.2 Å². The van der Waals surface area contributed by atoms with Crippen LogP contribution >= 0.6 is 11.6 Å². The van der Waals surface area contributed by atoms with Gasteiger partial charge in [-0.1, -0.05) is 48.0 Å². The molecule has 31 heavy (non-hydrogen) atoms. The number of anilines is 2. The van der Waals surface area contributed by atoms with Crippen LogP contribution in [0.4, 0.5) is 24.7 Å². The van der Waals surface area contributed by atoms with Crippen LogP contribution in [-0.4, -0.2) is 24.9 Å². The Labute approximate surface area is 183 Å². The fourth-order valence-corrected chi connectivity index (χ4v) is 2.93. The van der Waals surface area contributed by atoms with Crippen molar-refractivity contribution in [3.63, 3.8) is 0 Å². The molecule has 0 spiro atoms. The standard InChI is InChI=1S/C23H19ClF3N3O/c1-30(2)22-14-17(23(25,26)27)13-20(29-22)15-7-9-16(10-8-15)21(31)11-12-28-19-6-4-3-5-18(19)24/h3-14,28H,1-2H3/b12-11+. The monoisotopic (exact) mass is 445 g/mol. The predicted molar refractivity (Wildman–Crippen MR) is 118 cm³/mol. The highest BCUT2D eigenvalue weighted by Gasteiger charge is 2.32. The number of nitrogens with zero attached hydrogens (tertiary/aromatic N) is 2. The average Bonchev–Trinajstić information content (AvgIpc) is 2.74. The Morgan fingerprint density at radius 3 is 2.35 bits per heavy atom. The zero-order chi connectivity index (χ0) is 22.6. The van der Waals surface area contributed by atoms with Crippen molar-refractivity contribution >= 4 is 28.9 Å². The summed E-state index contributed by atoms with van der Waals surface area (Å²) >= 11 is 6.04. The average molecular weight is 446 g/mol. The van der Waals surface area contributed by atoms with Crippen molar-refractivity contribution in [1.29, 1.82) is 0 Å². The van der Waals surface area contributed by atoms with Gasteiger partial charge in [0.15, 0.2) is 5.78 Å². The Bertz CT molecular complexity index is 1110. The molecule has 4 nitrogen and oxygen atoms in total. The maximum atomic E-state index is 13.3. The number of pyridine rings is 1. The second-order valence-electron chi connectivity index (χ2n) is 6.89. The highest BCUT2D eigenvalue weighted by Crippen LogP contribution is 2.34. The predicted octanol–water partition coefficient (Wildman–Crippen LogP) is 6.30. The first kappa shape index (κ1) is 22.4. The number of carbonyl (C=O) groups is 1. The molecule has 0 aliphatic rings. The molecule has 0 unspecified atom stereocenters. The summed E-state index contributed by atoms with van der Waals surface area (Å²) in [5, 5.41) is 3.46. The molecule has 0 radical (unpaired) electrons. The fourth-order valence-electron chi connectivity index (χ4n) is 2.74. The summed E-state index contributed by atoms with van der Waals surface area (Å²) in [6, 6.07) is 15.3. The summed E-state index contributed by atoms with van der Waals surface area (Å²) in [5.41, 5.74) is 0.920. The number of alkyl halides is 3. The van der Waals surface area contributed by atoms with E-state index in [1.165, 1.54) is 17.2 Å². The maximum absolute atomic E-state index is 13.3. The number of nitrogens with one attached hydrogen (secondary N) is 1. The van der Waals surface area contributed by atoms with Crippen molar-refractivity contribution in [2.24, 2.45) is 0 Å². The molecule has 0 amide bonds. The van der Waals surface area contributed by atoms with E-state index in [9.17, 15) is 18.0 Å². The highest BCUT2D eigenvalue weighted by atomic mass is 35.5. The molecule has 1 N–H and O–H groups in total. The van der Waals surface area contributed by atoms with Crippen molar-refractivity contribution in [3.05, 3.63) is 89.1 Å². The van der Waals surface area contributed by atoms with Gasteiger partial charge < -0.3 is 10.2 Å². The van der Waals surface area contributed by atoms with E-state index in [4.69, 9.17) is 11.6 Å². The molecular weight excluding hydrogens is 427 g/mol. The van der Waals surface area contributed by atoms with E-state index in [1.807, 2.05) is 6.07 Å². The molecule has 2 aromatic carbocycles. The second-order valence-corrected chi connectivity index (χ2v) is 7.30. The van der Waals surface area contributed by atoms with E-state index < -0.39 is 11.7 Å². The Hall–Kier alpha value is -3.32. The molecule has 8 heteroatoms. The van der Waals surface area contributed by atoms with Crippen LogP contribution in [0.1, 0.15) is 15.9 Å². The number of halogens is 4. The van der Waals surface area contributed by atoms with E-state index >= 15 is 0 Å². The molecule has 1 heterocycles. The van der Waals surface area contributed by atoms with Crippen molar-refractivity contribution in [2.75, 3.05) is 24.3 Å². The first-order chi connectivity index (χ1) is 14.6. The lowest BCUT2D eigenvalue weighted by atomic mass is 10.0. The molecule has 1 aromatic heterocycles. The Morgan fingerprint density at radius 1 is 1.06 bits per heavy atom. The summed E-state index contributed by atoms with van der Waals surface area (Å²) < 4.78 is 39.8. The topological polar surface area (TPSA) is 45.2 Å². The number of rotatable bonds is 6. The van der Waals surface area contributed by atoms with Crippen LogP contribution in [0.15, 0.2) is 72.9 Å². The van der Waals surface area contributed by atoms with Gasteiger partial charge in [-0.2, -0.15) is 13.2 Å². The number of aromatic nitrogens is 1. The SMILES string of the molecule is CN(C)c1cc(C(F)(F)F)cc(-c2ccc(C(=O)/C=C/Nc3ccccc3Cl)cc2)n1. The number of hydrogen-bond acceptors (Lipinski definition) is 4. The smallest absolute Gasteiger partial charge is 0.363 e. The van der Waals surface area contributed by atoms with Crippen molar-refractivity contribution < 1.29 is 18.0 Å². The van der Waals surface area contributed by atoms with Crippen LogP contribution in [-0.2, 0) is 6.18 Å². The van der Waals surface area contributed by atoms with E-state index in [2.05, 4.69) is 10.3 Å². The lowest BCUT2D eigenvalue weighted by molar-refractivity contribution is -0.137. The van der Waals surface area contributed by atoms with Crippen LogP contribution in [0.25, 0.3) is 11.3 Å². The minimum atomic E-state index is -4.49. The van der Waals surface area contributed by atoms with Gasteiger partial charge >= 0.3 is 6.18 Å². The number of hydrogen-bond donors (Lipinski definition) is 1. The summed E-state index contributed by atoms with van der Waals surface area (Å²) in [7, 11) is 3.24. The summed E-state index contributed by atoms with van der Waals surface area (Å²) in [6.45, 7) is 0. The molecule has 0 saturated heterocycles. The number of benzene rings is 2. The summed E-state index contributed by atoms with van der Waals surface area (Å²) in [6.07, 6.45) is -1.65. The second kappa shape index (κ2) is 9.22. The lowest BCUT2D eigenvalue weighted by Crippen LogP contribution is -2.14. The number of carbonyl (C=O) groups excluding carboxylic acids is 1. The van der Waals surface area contributed by atoms with Gasteiger partial charge in [0.25, 0.3) is 0 Å². The molecule has 3 rings (SSSR count). The number of allylic oxidation sites excluding steroid dienone is 1. The Morgan fingerprint density at radius 2 is 1.74 bits per heavy atom. The number of ketones is 1. The van der Waals surface area contributed by atoms with Crippen LogP contribution in [0.2, 0.25) is 5.02 Å². The minimum absolute atomic E-state index is 0.174. The van der Waals surface area contributed by atoms with Crippen LogP contribution in [0.3, 0.4) is 0 Å². The first-order valence-corrected chi connectivity index (χ1v) is 9.62. The third-order valence-corrected chi connectivity index (χ3v) is 4.74. The maximum Gasteiger partial charge on any atom is 0.416 e. The summed E-state index contributed by atoms with van der Waals surface area (Å²) in [4.78, 5) is 18.2. The van der Waals surface area contributed by atoms with Gasteiger partial charge in [-0.25, -0.2) is 4.98 Å². The molecule has 0 bridgehead atoms. The fraction of sp³-hybridized carbons (Fsp3) is 0.130. The summed E-state index contributed by atoms with van der Waals surface area (Å²) in [5.74, 6) is -0.0735. The quantitative estimate of drug-likeness (QED) is 0.357. The van der Waals surface area contributed by atoms with Crippen molar-refractivity contribution in [3.8, 4) is 11.3 Å². The number of para-hydroxylation sites is 1. The third-order valence-electron chi connectivity index (χ3n) is 4.41. The van der Waals surface area contributed by atoms with Crippen LogP contribution in [0.5, 0.6) is 0 Å². The van der Waals surface area contributed by atoms with Crippen molar-refractivity contribution in [2.45, 2.75) is 6.18 Å². The Kier molecular flexibility index (Phi) is 6.65. The van der Waals surface area contributed by atoms with E-state index in [1.54, 1.807) is 56.6 Å². The molecule has 160 valence electrons. The molecular formula is C23H19ClF3N3O. The zero-order valence-corrected chi connectivity index (χ0v) is 17.5. The van der Waals surface area contributed by atoms with E-state index in [-0.39, 0.29) is 17.3 Å². The van der Waals surface area contributed by atoms with Crippen LogP contribution in [0, 0.1) is 0 Å².